The molecule has 2 fully saturated rings. The zero-order valence-electron chi connectivity index (χ0n) is 34.5. The summed E-state index contributed by atoms with van der Waals surface area (Å²) in [5.74, 6) is -1.10. The molecule has 0 radical (unpaired) electrons. The van der Waals surface area contributed by atoms with Gasteiger partial charge in [-0.05, 0) is 62.3 Å². The van der Waals surface area contributed by atoms with Crippen LogP contribution in [0.15, 0.2) is 0 Å². The van der Waals surface area contributed by atoms with Crippen molar-refractivity contribution in [2.24, 2.45) is 0 Å². The maximum absolute atomic E-state index is 13.2. The van der Waals surface area contributed by atoms with Crippen LogP contribution in [-0.2, 0) is 38.1 Å². The number of carbonyl (C=O) groups is 4. The second-order valence-corrected chi connectivity index (χ2v) is 17.3. The van der Waals surface area contributed by atoms with E-state index in [4.69, 9.17) is 18.9 Å². The number of ketones is 1. The number of hydrogen-bond acceptors (Lipinski definition) is 17. The minimum Gasteiger partial charge on any atom is -0.459 e. The Morgan fingerprint density at radius 3 is 1.47 bits per heavy atom. The van der Waals surface area contributed by atoms with E-state index < -0.39 is 47.5 Å². The highest BCUT2D eigenvalue weighted by Crippen LogP contribution is 2.19. The molecule has 2 saturated heterocycles. The first-order valence-electron chi connectivity index (χ1n) is 19.2. The SMILES string of the molecule is CC(C)(C)OCC(=O)CN1CCN(CC(=O)NCCNCC2O[C@@H](O)C(O)C(O)[C@@H]2O)CCN(CC(=O)OC(C)(C)C)CCN(CC(=O)OC(C)(C)C)CC1. The van der Waals surface area contributed by atoms with E-state index in [0.29, 0.717) is 58.9 Å². The number of carbonyl (C=O) groups excluding carboxylic acids is 4. The molecule has 0 bridgehead atoms. The molecule has 2 aliphatic heterocycles. The largest absolute Gasteiger partial charge is 0.459 e. The van der Waals surface area contributed by atoms with Crippen molar-refractivity contribution in [3.8, 4) is 0 Å². The van der Waals surface area contributed by atoms with E-state index in [1.54, 1.807) is 20.8 Å². The monoisotopic (exact) mass is 791 g/mol. The lowest BCUT2D eigenvalue weighted by Gasteiger charge is -2.38. The summed E-state index contributed by atoms with van der Waals surface area (Å²) in [6, 6.07) is 0. The molecular weight excluding hydrogens is 720 g/mol. The summed E-state index contributed by atoms with van der Waals surface area (Å²) in [7, 11) is 0. The van der Waals surface area contributed by atoms with Crippen molar-refractivity contribution in [2.45, 2.75) is 110 Å². The average molecular weight is 791 g/mol. The molecule has 0 aromatic rings. The Bertz CT molecular complexity index is 1210. The Hall–Kier alpha value is -2.36. The number of nitrogens with zero attached hydrogens (tertiary/aromatic N) is 4. The third kappa shape index (κ3) is 21.1. The van der Waals surface area contributed by atoms with Crippen molar-refractivity contribution in [2.75, 3.05) is 105 Å². The second kappa shape index (κ2) is 22.5. The summed E-state index contributed by atoms with van der Waals surface area (Å²) in [5, 5.41) is 45.4. The molecule has 3 unspecified atom stereocenters. The van der Waals surface area contributed by atoms with Crippen molar-refractivity contribution in [3.63, 3.8) is 0 Å². The van der Waals surface area contributed by atoms with Crippen LogP contribution in [0.3, 0.4) is 0 Å². The minimum atomic E-state index is -1.63. The molecule has 18 heteroatoms. The van der Waals surface area contributed by atoms with E-state index in [9.17, 15) is 39.6 Å². The Kier molecular flexibility index (Phi) is 20.0. The van der Waals surface area contributed by atoms with Gasteiger partial charge in [-0.1, -0.05) is 0 Å². The van der Waals surface area contributed by atoms with Gasteiger partial charge in [-0.25, -0.2) is 0 Å². The molecule has 0 aliphatic carbocycles. The van der Waals surface area contributed by atoms with Crippen LogP contribution in [0.25, 0.3) is 0 Å². The molecule has 18 nitrogen and oxygen atoms in total. The van der Waals surface area contributed by atoms with Crippen molar-refractivity contribution >= 4 is 23.6 Å². The zero-order valence-corrected chi connectivity index (χ0v) is 34.5. The summed E-state index contributed by atoms with van der Waals surface area (Å²) in [6.07, 6.45) is -7.17. The predicted molar refractivity (Wildman–Crippen MR) is 203 cm³/mol. The maximum atomic E-state index is 13.2. The van der Waals surface area contributed by atoms with Crippen LogP contribution in [0.1, 0.15) is 62.3 Å². The quantitative estimate of drug-likeness (QED) is 0.0764. The first-order valence-corrected chi connectivity index (χ1v) is 19.2. The van der Waals surface area contributed by atoms with Crippen LogP contribution in [0.4, 0.5) is 0 Å². The van der Waals surface area contributed by atoms with Gasteiger partial charge >= 0.3 is 11.9 Å². The number of rotatable bonds is 15. The van der Waals surface area contributed by atoms with Crippen molar-refractivity contribution in [1.29, 1.82) is 0 Å². The molecule has 2 rings (SSSR count). The van der Waals surface area contributed by atoms with E-state index in [-0.39, 0.29) is 69.5 Å². The first kappa shape index (κ1) is 48.8. The maximum Gasteiger partial charge on any atom is 0.320 e. The van der Waals surface area contributed by atoms with Gasteiger partial charge in [-0.2, -0.15) is 0 Å². The molecule has 5 atom stereocenters. The predicted octanol–water partition coefficient (Wildman–Crippen LogP) is -2.22. The van der Waals surface area contributed by atoms with Gasteiger partial charge in [-0.3, -0.25) is 38.8 Å². The molecule has 2 heterocycles. The average Bonchev–Trinajstić information content (AvgIpc) is 3.03. The number of amides is 1. The van der Waals surface area contributed by atoms with Crippen molar-refractivity contribution < 1.29 is 58.6 Å². The number of Topliss-reactive ketones (excluding diaryl/α,β-unsaturated/α-hetero) is 1. The lowest BCUT2D eigenvalue weighted by atomic mass is 9.99. The standard InChI is InChI=1S/C37H70N6O12/c1-35(2,3)52-25-26(44)21-40-12-14-41(22-28(45)39-11-10-38-20-27-31(48)32(49)33(50)34(51)53-27)15-17-43(24-30(47)55-37(7,8)9)19-18-42(16-13-40)23-29(46)54-36(4,5)6/h27,31-34,38,48-51H,10-25H2,1-9H3,(H,39,45)/t27?,31-,32?,33?,34-/m1/s1. The fraction of sp³-hybridized carbons (Fsp3) is 0.892. The number of ether oxygens (including phenoxy) is 4. The van der Waals surface area contributed by atoms with E-state index in [0.717, 1.165) is 0 Å². The van der Waals surface area contributed by atoms with E-state index >= 15 is 0 Å². The smallest absolute Gasteiger partial charge is 0.320 e. The van der Waals surface area contributed by atoms with Gasteiger partial charge in [0.05, 0.1) is 31.8 Å². The molecule has 6 N–H and O–H groups in total. The van der Waals surface area contributed by atoms with Gasteiger partial charge < -0.3 is 50.0 Å². The minimum absolute atomic E-state index is 0.0179. The number of aliphatic hydroxyl groups is 4. The van der Waals surface area contributed by atoms with Crippen LogP contribution in [0.5, 0.6) is 0 Å². The van der Waals surface area contributed by atoms with Crippen LogP contribution in [0.2, 0.25) is 0 Å². The number of hydrogen-bond donors (Lipinski definition) is 6. The van der Waals surface area contributed by atoms with Crippen LogP contribution in [0, 0.1) is 0 Å². The van der Waals surface area contributed by atoms with Crippen LogP contribution >= 0.6 is 0 Å². The first-order chi connectivity index (χ1) is 25.4. The number of aliphatic hydroxyl groups excluding tert-OH is 4. The molecule has 1 amide bonds. The second-order valence-electron chi connectivity index (χ2n) is 17.3. The summed E-state index contributed by atoms with van der Waals surface area (Å²) < 4.78 is 22.1. The normalized spacial score (nSPS) is 25.1. The third-order valence-corrected chi connectivity index (χ3v) is 8.57. The van der Waals surface area contributed by atoms with Gasteiger partial charge in [0.25, 0.3) is 0 Å². The molecule has 320 valence electrons. The molecule has 0 saturated carbocycles. The number of esters is 2. The Labute approximate surface area is 326 Å². The molecule has 0 aromatic carbocycles. The van der Waals surface area contributed by atoms with E-state index in [1.165, 1.54) is 0 Å². The topological polar surface area (TPSA) is 223 Å². The fourth-order valence-corrected chi connectivity index (χ4v) is 5.81. The molecule has 0 spiro atoms. The zero-order chi connectivity index (χ0) is 41.6. The van der Waals surface area contributed by atoms with Gasteiger partial charge in [0.2, 0.25) is 5.91 Å². The molecular formula is C37H70N6O12. The Balaban J connectivity index is 2.14. The molecule has 55 heavy (non-hydrogen) atoms. The lowest BCUT2D eigenvalue weighted by Crippen LogP contribution is -2.59. The summed E-state index contributed by atoms with van der Waals surface area (Å²) in [4.78, 5) is 59.9. The highest BCUT2D eigenvalue weighted by Gasteiger charge is 2.42. The van der Waals surface area contributed by atoms with Gasteiger partial charge in [0, 0.05) is 72.0 Å². The van der Waals surface area contributed by atoms with E-state index in [1.807, 2.05) is 61.1 Å². The molecule has 2 aliphatic rings. The summed E-state index contributed by atoms with van der Waals surface area (Å²) in [6.45, 7) is 20.7. The summed E-state index contributed by atoms with van der Waals surface area (Å²) in [5.41, 5.74) is -1.80. The lowest BCUT2D eigenvalue weighted by molar-refractivity contribution is -0.280. The van der Waals surface area contributed by atoms with Gasteiger partial charge in [0.1, 0.15) is 42.2 Å². The van der Waals surface area contributed by atoms with E-state index in [2.05, 4.69) is 10.6 Å². The number of nitrogens with one attached hydrogen (secondary N) is 2. The fourth-order valence-electron chi connectivity index (χ4n) is 5.81. The third-order valence-electron chi connectivity index (χ3n) is 8.57. The highest BCUT2D eigenvalue weighted by atomic mass is 16.6. The van der Waals surface area contributed by atoms with Gasteiger partial charge in [0.15, 0.2) is 12.1 Å². The van der Waals surface area contributed by atoms with Crippen molar-refractivity contribution in [1.82, 2.24) is 30.2 Å². The highest BCUT2D eigenvalue weighted by molar-refractivity contribution is 5.81. The molecule has 0 aromatic heterocycles. The summed E-state index contributed by atoms with van der Waals surface area (Å²) >= 11 is 0. The Morgan fingerprint density at radius 2 is 1.04 bits per heavy atom. The van der Waals surface area contributed by atoms with Crippen LogP contribution in [-0.4, -0.2) is 216 Å². The van der Waals surface area contributed by atoms with Crippen molar-refractivity contribution in [3.05, 3.63) is 0 Å². The Morgan fingerprint density at radius 1 is 0.600 bits per heavy atom. The van der Waals surface area contributed by atoms with Crippen LogP contribution < -0.4 is 10.6 Å². The van der Waals surface area contributed by atoms with Gasteiger partial charge in [-0.15, -0.1) is 0 Å².